The first-order chi connectivity index (χ1) is 10.1. The van der Waals surface area contributed by atoms with Crippen molar-refractivity contribution >= 4 is 22.4 Å². The first-order valence-electron chi connectivity index (χ1n) is 5.99. The van der Waals surface area contributed by atoms with Gasteiger partial charge >= 0.3 is 0 Å². The van der Waals surface area contributed by atoms with Crippen LogP contribution in [0.1, 0.15) is 21.7 Å². The van der Waals surface area contributed by atoms with E-state index in [1.54, 1.807) is 0 Å². The molecule has 2 rings (SSSR count). The van der Waals surface area contributed by atoms with Crippen molar-refractivity contribution in [3.8, 4) is 23.3 Å². The summed E-state index contributed by atoms with van der Waals surface area (Å²) in [5.41, 5.74) is 0.0379. The third-order valence-corrected chi connectivity index (χ3v) is 3.23. The van der Waals surface area contributed by atoms with E-state index < -0.39 is 5.91 Å². The fraction of sp³-hybridized carbons (Fsp3) is 0.143. The molecule has 0 saturated heterocycles. The van der Waals surface area contributed by atoms with Crippen molar-refractivity contribution in [1.82, 2.24) is 4.98 Å². The average Bonchev–Trinajstić information content (AvgIpc) is 2.86. The number of nitrogens with zero attached hydrogens (tertiary/aromatic N) is 1. The molecule has 1 aromatic heterocycles. The number of nitrogens with one attached hydrogen (secondary N) is 1. The van der Waals surface area contributed by atoms with E-state index in [1.165, 1.54) is 29.7 Å². The second-order valence-corrected chi connectivity index (χ2v) is 4.99. The van der Waals surface area contributed by atoms with Crippen molar-refractivity contribution in [2.45, 2.75) is 6.42 Å². The largest absolute Gasteiger partial charge is 0.508 e. The minimum absolute atomic E-state index is 0.00444. The summed E-state index contributed by atoms with van der Waals surface area (Å²) in [5.74, 6) is 4.60. The van der Waals surface area contributed by atoms with Crippen LogP contribution in [0, 0.1) is 11.8 Å². The molecular weight excluding hydrogens is 292 g/mol. The van der Waals surface area contributed by atoms with Crippen LogP contribution in [0.3, 0.4) is 0 Å². The van der Waals surface area contributed by atoms with Crippen molar-refractivity contribution in [1.29, 1.82) is 0 Å². The molecule has 2 aromatic rings. The number of hydrogen-bond acceptors (Lipinski definition) is 6. The SMILES string of the molecule is O=C(Nc1ncc(C#CCCO)s1)c1ccc(O)cc1O. The number of phenolic OH excluding ortho intramolecular Hbond substituents is 2. The third-order valence-electron chi connectivity index (χ3n) is 2.40. The number of phenols is 2. The monoisotopic (exact) mass is 304 g/mol. The molecular formula is C14H12N2O4S. The lowest BCUT2D eigenvalue weighted by atomic mass is 10.2. The van der Waals surface area contributed by atoms with Crippen LogP contribution in [0.5, 0.6) is 11.5 Å². The number of amides is 1. The van der Waals surface area contributed by atoms with Crippen LogP contribution in [0.25, 0.3) is 0 Å². The van der Waals surface area contributed by atoms with Gasteiger partial charge in [0.2, 0.25) is 0 Å². The van der Waals surface area contributed by atoms with Crippen LogP contribution in [-0.4, -0.2) is 32.8 Å². The number of carbonyl (C=O) groups excluding carboxylic acids is 1. The molecule has 6 nitrogen and oxygen atoms in total. The molecule has 108 valence electrons. The van der Waals surface area contributed by atoms with Gasteiger partial charge in [0.05, 0.1) is 23.2 Å². The van der Waals surface area contributed by atoms with Crippen molar-refractivity contribution < 1.29 is 20.1 Å². The van der Waals surface area contributed by atoms with E-state index in [0.29, 0.717) is 16.4 Å². The number of aliphatic hydroxyl groups is 1. The summed E-state index contributed by atoms with van der Waals surface area (Å²) in [6, 6.07) is 3.71. The van der Waals surface area contributed by atoms with Gasteiger partial charge in [-0.1, -0.05) is 23.2 Å². The summed E-state index contributed by atoms with van der Waals surface area (Å²) >= 11 is 1.19. The highest BCUT2D eigenvalue weighted by Crippen LogP contribution is 2.24. The number of rotatable bonds is 3. The van der Waals surface area contributed by atoms with Gasteiger partial charge in [-0.05, 0) is 12.1 Å². The second-order valence-electron chi connectivity index (χ2n) is 3.96. The van der Waals surface area contributed by atoms with Gasteiger partial charge in [-0.3, -0.25) is 10.1 Å². The van der Waals surface area contributed by atoms with E-state index in [4.69, 9.17) is 5.11 Å². The Hall–Kier alpha value is -2.56. The quantitative estimate of drug-likeness (QED) is 0.644. The van der Waals surface area contributed by atoms with E-state index in [-0.39, 0.29) is 23.7 Å². The van der Waals surface area contributed by atoms with E-state index >= 15 is 0 Å². The van der Waals surface area contributed by atoms with Gasteiger partial charge in [0.25, 0.3) is 5.91 Å². The molecule has 0 bridgehead atoms. The molecule has 0 saturated carbocycles. The normalized spacial score (nSPS) is 9.76. The molecule has 0 fully saturated rings. The zero-order valence-corrected chi connectivity index (χ0v) is 11.6. The Labute approximate surface area is 124 Å². The summed E-state index contributed by atoms with van der Waals surface area (Å²) in [6.45, 7) is -0.00444. The molecule has 4 N–H and O–H groups in total. The zero-order chi connectivity index (χ0) is 15.2. The lowest BCUT2D eigenvalue weighted by Gasteiger charge is -2.04. The van der Waals surface area contributed by atoms with Gasteiger partial charge in [-0.25, -0.2) is 4.98 Å². The lowest BCUT2D eigenvalue weighted by Crippen LogP contribution is -2.11. The highest BCUT2D eigenvalue weighted by Gasteiger charge is 2.13. The van der Waals surface area contributed by atoms with Gasteiger partial charge in [-0.15, -0.1) is 0 Å². The van der Waals surface area contributed by atoms with Crippen LogP contribution < -0.4 is 5.32 Å². The molecule has 0 radical (unpaired) electrons. The van der Waals surface area contributed by atoms with E-state index in [2.05, 4.69) is 22.1 Å². The minimum Gasteiger partial charge on any atom is -0.508 e. The zero-order valence-electron chi connectivity index (χ0n) is 10.8. The highest BCUT2D eigenvalue weighted by molar-refractivity contribution is 7.16. The Balaban J connectivity index is 2.08. The van der Waals surface area contributed by atoms with E-state index in [1.807, 2.05) is 0 Å². The van der Waals surface area contributed by atoms with Crippen molar-refractivity contribution in [2.24, 2.45) is 0 Å². The molecule has 0 atom stereocenters. The Morgan fingerprint density at radius 1 is 1.38 bits per heavy atom. The summed E-state index contributed by atoms with van der Waals surface area (Å²) < 4.78 is 0. The molecule has 1 heterocycles. The average molecular weight is 304 g/mol. The van der Waals surface area contributed by atoms with E-state index in [9.17, 15) is 15.0 Å². The number of hydrogen-bond donors (Lipinski definition) is 4. The maximum Gasteiger partial charge on any atom is 0.261 e. The minimum atomic E-state index is -0.531. The van der Waals surface area contributed by atoms with Crippen molar-refractivity contribution in [3.05, 3.63) is 34.8 Å². The van der Waals surface area contributed by atoms with Gasteiger partial charge in [0.1, 0.15) is 11.5 Å². The molecule has 0 spiro atoms. The Kier molecular flexibility index (Phi) is 4.77. The topological polar surface area (TPSA) is 103 Å². The van der Waals surface area contributed by atoms with Crippen molar-refractivity contribution in [2.75, 3.05) is 11.9 Å². The Morgan fingerprint density at radius 3 is 2.90 bits per heavy atom. The summed E-state index contributed by atoms with van der Waals surface area (Å²) in [4.78, 5) is 16.6. The first-order valence-corrected chi connectivity index (χ1v) is 6.80. The maximum absolute atomic E-state index is 12.0. The van der Waals surface area contributed by atoms with Crippen LogP contribution in [0.4, 0.5) is 5.13 Å². The maximum atomic E-state index is 12.0. The van der Waals surface area contributed by atoms with Crippen molar-refractivity contribution in [3.63, 3.8) is 0 Å². The Morgan fingerprint density at radius 2 is 2.19 bits per heavy atom. The predicted molar refractivity (Wildman–Crippen MR) is 78.4 cm³/mol. The number of benzene rings is 1. The highest BCUT2D eigenvalue weighted by atomic mass is 32.1. The number of aromatic nitrogens is 1. The summed E-state index contributed by atoms with van der Waals surface area (Å²) in [6.07, 6.45) is 1.89. The molecule has 0 aliphatic carbocycles. The molecule has 0 aliphatic heterocycles. The molecule has 0 unspecified atom stereocenters. The van der Waals surface area contributed by atoms with Crippen LogP contribution in [0.15, 0.2) is 24.4 Å². The number of thiazole rings is 1. The number of anilines is 1. The molecule has 21 heavy (non-hydrogen) atoms. The van der Waals surface area contributed by atoms with Crippen LogP contribution >= 0.6 is 11.3 Å². The number of aromatic hydroxyl groups is 2. The molecule has 1 amide bonds. The first kappa shape index (κ1) is 14.8. The summed E-state index contributed by atoms with van der Waals surface area (Å²) in [7, 11) is 0. The molecule has 0 aliphatic rings. The lowest BCUT2D eigenvalue weighted by molar-refractivity contribution is 0.102. The molecule has 7 heteroatoms. The standard InChI is InChI=1S/C14H12N2O4S/c17-6-2-1-3-10-8-15-14(21-10)16-13(20)11-5-4-9(18)7-12(11)19/h4-5,7-8,17-19H,2,6H2,(H,15,16,20). The molecule has 1 aromatic carbocycles. The summed E-state index contributed by atoms with van der Waals surface area (Å²) in [5, 5.41) is 30.3. The van der Waals surface area contributed by atoms with Crippen LogP contribution in [0.2, 0.25) is 0 Å². The van der Waals surface area contributed by atoms with Gasteiger partial charge in [0.15, 0.2) is 5.13 Å². The fourth-order valence-electron chi connectivity index (χ4n) is 1.47. The number of aliphatic hydroxyl groups excluding tert-OH is 1. The fourth-order valence-corrected chi connectivity index (χ4v) is 2.16. The van der Waals surface area contributed by atoms with E-state index in [0.717, 1.165) is 6.07 Å². The van der Waals surface area contributed by atoms with Gasteiger partial charge in [0, 0.05) is 12.5 Å². The van der Waals surface area contributed by atoms with Gasteiger partial charge in [-0.2, -0.15) is 0 Å². The smallest absolute Gasteiger partial charge is 0.261 e. The predicted octanol–water partition coefficient (Wildman–Crippen LogP) is 1.54. The Bertz CT molecular complexity index is 715. The number of carbonyl (C=O) groups is 1. The van der Waals surface area contributed by atoms with Crippen LogP contribution in [-0.2, 0) is 0 Å². The second kappa shape index (κ2) is 6.74. The third kappa shape index (κ3) is 3.95. The van der Waals surface area contributed by atoms with Gasteiger partial charge < -0.3 is 15.3 Å².